The number of nitrogens with zero attached hydrogens (tertiary/aromatic N) is 2. The number of aryl methyl sites for hydroxylation is 3. The molecule has 4 N–H and O–H groups in total. The van der Waals surface area contributed by atoms with Crippen molar-refractivity contribution >= 4 is 35.3 Å². The summed E-state index contributed by atoms with van der Waals surface area (Å²) in [6.45, 7) is 6.23. The van der Waals surface area contributed by atoms with Crippen molar-refractivity contribution in [3.63, 3.8) is 0 Å². The Morgan fingerprint density at radius 3 is 1.98 bits per heavy atom. The molecule has 0 saturated carbocycles. The third-order valence-electron chi connectivity index (χ3n) is 14.1. The van der Waals surface area contributed by atoms with E-state index in [2.05, 4.69) is 51.6 Å². The number of carbonyl (C=O) groups is 6. The van der Waals surface area contributed by atoms with E-state index in [-0.39, 0.29) is 53.2 Å². The van der Waals surface area contributed by atoms with E-state index in [4.69, 9.17) is 0 Å². The largest absolute Gasteiger partial charge is 0.347 e. The van der Waals surface area contributed by atoms with Crippen molar-refractivity contribution in [2.24, 2.45) is 5.92 Å². The summed E-state index contributed by atoms with van der Waals surface area (Å²) in [5.74, 6) is -1.32. The van der Waals surface area contributed by atoms with Crippen LogP contribution in [0.15, 0.2) is 72.8 Å². The molecule has 64 heavy (non-hydrogen) atoms. The van der Waals surface area contributed by atoms with Crippen molar-refractivity contribution in [1.29, 1.82) is 0 Å². The summed E-state index contributed by atoms with van der Waals surface area (Å²) in [6.07, 6.45) is 10.4. The van der Waals surface area contributed by atoms with Gasteiger partial charge in [0.25, 0.3) is 0 Å². The van der Waals surface area contributed by atoms with Gasteiger partial charge >= 0.3 is 0 Å². The van der Waals surface area contributed by atoms with Crippen molar-refractivity contribution in [1.82, 2.24) is 31.1 Å². The zero-order valence-corrected chi connectivity index (χ0v) is 38.2. The number of benzene rings is 3. The molecule has 342 valence electrons. The number of hydrogen-bond acceptors (Lipinski definition) is 7. The van der Waals surface area contributed by atoms with Gasteiger partial charge in [-0.05, 0) is 137 Å². The van der Waals surface area contributed by atoms with Crippen LogP contribution in [0.4, 0.5) is 0 Å². The van der Waals surface area contributed by atoms with E-state index in [1.165, 1.54) is 16.7 Å². The van der Waals surface area contributed by atoms with Gasteiger partial charge in [-0.1, -0.05) is 86.6 Å². The summed E-state index contributed by atoms with van der Waals surface area (Å²) in [6, 6.07) is 20.7. The smallest absolute Gasteiger partial charge is 0.250 e. The summed E-state index contributed by atoms with van der Waals surface area (Å²) >= 11 is 0. The number of amides is 5. The monoisotopic (exact) mass is 873 g/mol. The molecule has 2 heterocycles. The lowest BCUT2D eigenvalue weighted by molar-refractivity contribution is -0.142. The molecule has 0 spiro atoms. The number of Topliss-reactive ketones (excluding diaryl/α,β-unsaturated/α-hetero) is 1. The average molecular weight is 873 g/mol. The predicted octanol–water partition coefficient (Wildman–Crippen LogP) is 6.17. The predicted molar refractivity (Wildman–Crippen MR) is 247 cm³/mol. The minimum absolute atomic E-state index is 0.0943. The van der Waals surface area contributed by atoms with Gasteiger partial charge in [-0.3, -0.25) is 28.8 Å². The number of carbonyl (C=O) groups excluding carboxylic acids is 6. The molecule has 0 bridgehead atoms. The van der Waals surface area contributed by atoms with Crippen LogP contribution in [0.2, 0.25) is 0 Å². The number of likely N-dealkylation sites (tertiary alicyclic amines) is 2. The molecule has 2 aliphatic heterocycles. The van der Waals surface area contributed by atoms with Gasteiger partial charge in [-0.2, -0.15) is 0 Å². The van der Waals surface area contributed by atoms with E-state index >= 15 is 0 Å². The van der Waals surface area contributed by atoms with Crippen molar-refractivity contribution in [3.8, 4) is 0 Å². The number of likely N-dealkylation sites (N-methyl/N-ethyl adjacent to an activating group) is 1. The molecule has 4 aliphatic rings. The fourth-order valence-electron chi connectivity index (χ4n) is 10.3. The van der Waals surface area contributed by atoms with Crippen LogP contribution in [0.3, 0.4) is 0 Å². The van der Waals surface area contributed by atoms with Gasteiger partial charge in [0, 0.05) is 25.4 Å². The fraction of sp³-hybridized carbons (Fsp3) is 0.538. The first-order valence-electron chi connectivity index (χ1n) is 23.9. The van der Waals surface area contributed by atoms with Crippen LogP contribution in [-0.4, -0.2) is 89.4 Å². The lowest BCUT2D eigenvalue weighted by Gasteiger charge is -2.32. The standard InChI is InChI=1S/C52H68N6O6/c1-33(2)48(60)56-47(52(64)58-31-13-25-45(58)50(62)54-42-22-11-18-37-16-6-8-21-41(37)42)38-28-26-35(27-29-38)14-9-23-43(55-49(61)34(3)53-4)51(63)57-30-12-24-44(57)46(59)32-39-19-10-17-36-15-5-7-20-40(36)39/h5-8,15-16,20-21,26-29,33-34,39,42-45,47,53H,9-14,17-19,22-25,30-32H2,1-4H3,(H,54,62)(H,55,61)(H,56,60)/t34-,39-,42+,43-,44-,45-,47-/m0/s1. The minimum atomic E-state index is -0.969. The molecule has 3 aromatic carbocycles. The maximum absolute atomic E-state index is 14.4. The molecule has 2 fully saturated rings. The van der Waals surface area contributed by atoms with Crippen LogP contribution in [0.1, 0.15) is 143 Å². The molecule has 5 amide bonds. The molecular formula is C52H68N6O6. The second-order valence-corrected chi connectivity index (χ2v) is 18.8. The Hall–Kier alpha value is -5.36. The van der Waals surface area contributed by atoms with E-state index in [1.54, 1.807) is 37.6 Å². The molecule has 12 heteroatoms. The molecule has 3 aromatic rings. The van der Waals surface area contributed by atoms with Crippen LogP contribution in [0.25, 0.3) is 0 Å². The van der Waals surface area contributed by atoms with Crippen LogP contribution in [-0.2, 0) is 48.0 Å². The summed E-state index contributed by atoms with van der Waals surface area (Å²) < 4.78 is 0. The maximum Gasteiger partial charge on any atom is 0.250 e. The van der Waals surface area contributed by atoms with Gasteiger partial charge in [-0.15, -0.1) is 0 Å². The summed E-state index contributed by atoms with van der Waals surface area (Å²) in [4.78, 5) is 86.2. The van der Waals surface area contributed by atoms with Gasteiger partial charge < -0.3 is 31.1 Å². The lowest BCUT2D eigenvalue weighted by atomic mass is 9.79. The molecule has 0 unspecified atom stereocenters. The lowest BCUT2D eigenvalue weighted by Crippen LogP contribution is -2.54. The van der Waals surface area contributed by atoms with E-state index in [1.807, 2.05) is 42.5 Å². The van der Waals surface area contributed by atoms with Crippen LogP contribution < -0.4 is 21.3 Å². The SMILES string of the molecule is CN[C@@H](C)C(=O)N[C@@H](CCCc1ccc([C@H](NC(=O)C(C)C)C(=O)N2CCC[C@H]2C(=O)N[C@@H]2CCCc3ccccc32)cc1)C(=O)N1CCC[C@H]1C(=O)C[C@@H]1CCCc2ccccc21. The molecule has 12 nitrogen and oxygen atoms in total. The summed E-state index contributed by atoms with van der Waals surface area (Å²) in [7, 11) is 1.70. The number of fused-ring (bicyclic) bond motifs is 2. The first-order valence-corrected chi connectivity index (χ1v) is 23.9. The Morgan fingerprint density at radius 1 is 0.672 bits per heavy atom. The number of ketones is 1. The highest BCUT2D eigenvalue weighted by molar-refractivity contribution is 5.95. The minimum Gasteiger partial charge on any atom is -0.347 e. The van der Waals surface area contributed by atoms with Gasteiger partial charge in [-0.25, -0.2) is 0 Å². The quantitative estimate of drug-likeness (QED) is 0.126. The first kappa shape index (κ1) is 46.6. The van der Waals surface area contributed by atoms with Crippen molar-refractivity contribution < 1.29 is 28.8 Å². The Labute approximate surface area is 379 Å². The van der Waals surface area contributed by atoms with E-state index in [0.717, 1.165) is 56.1 Å². The second-order valence-electron chi connectivity index (χ2n) is 18.8. The highest BCUT2D eigenvalue weighted by atomic mass is 16.2. The second kappa shape index (κ2) is 21.5. The topological polar surface area (TPSA) is 157 Å². The average Bonchev–Trinajstić information content (AvgIpc) is 4.02. The Kier molecular flexibility index (Phi) is 15.7. The molecule has 2 aliphatic carbocycles. The van der Waals surface area contributed by atoms with E-state index in [9.17, 15) is 28.8 Å². The number of nitrogens with one attached hydrogen (secondary N) is 4. The summed E-state index contributed by atoms with van der Waals surface area (Å²) in [5, 5.41) is 12.2. The molecular weight excluding hydrogens is 805 g/mol. The van der Waals surface area contributed by atoms with Crippen molar-refractivity contribution in [2.45, 2.75) is 153 Å². The third kappa shape index (κ3) is 10.9. The Balaban J connectivity index is 1.00. The molecule has 7 atom stereocenters. The molecule has 7 rings (SSSR count). The van der Waals surface area contributed by atoms with E-state index < -0.39 is 30.2 Å². The zero-order valence-electron chi connectivity index (χ0n) is 38.2. The van der Waals surface area contributed by atoms with Gasteiger partial charge in [0.2, 0.25) is 29.5 Å². The van der Waals surface area contributed by atoms with E-state index in [0.29, 0.717) is 63.6 Å². The summed E-state index contributed by atoms with van der Waals surface area (Å²) in [5.41, 5.74) is 6.54. The molecule has 0 aromatic heterocycles. The van der Waals surface area contributed by atoms with Crippen molar-refractivity contribution in [3.05, 3.63) is 106 Å². The normalized spacial score (nSPS) is 21.9. The van der Waals surface area contributed by atoms with Crippen LogP contribution in [0, 0.1) is 5.92 Å². The zero-order chi connectivity index (χ0) is 45.3. The van der Waals surface area contributed by atoms with Crippen LogP contribution in [0.5, 0.6) is 0 Å². The third-order valence-corrected chi connectivity index (χ3v) is 14.1. The highest BCUT2D eigenvalue weighted by Crippen LogP contribution is 2.36. The van der Waals surface area contributed by atoms with Crippen molar-refractivity contribution in [2.75, 3.05) is 20.1 Å². The number of hydrogen-bond donors (Lipinski definition) is 4. The van der Waals surface area contributed by atoms with Crippen LogP contribution >= 0.6 is 0 Å². The van der Waals surface area contributed by atoms with Gasteiger partial charge in [0.1, 0.15) is 18.1 Å². The van der Waals surface area contributed by atoms with Gasteiger partial charge in [0.05, 0.1) is 18.1 Å². The molecule has 2 saturated heterocycles. The first-order chi connectivity index (χ1) is 30.9. The molecule has 0 radical (unpaired) electrons. The van der Waals surface area contributed by atoms with Gasteiger partial charge in [0.15, 0.2) is 5.78 Å². The number of rotatable bonds is 17. The highest BCUT2D eigenvalue weighted by Gasteiger charge is 2.41. The fourth-order valence-corrected chi connectivity index (χ4v) is 10.3. The Bertz CT molecular complexity index is 2160. The Morgan fingerprint density at radius 2 is 1.30 bits per heavy atom. The maximum atomic E-state index is 14.4.